The Bertz CT molecular complexity index is 2690. The molecule has 3 nitrogen and oxygen atoms in total. The van der Waals surface area contributed by atoms with Crippen LogP contribution < -0.4 is 0 Å². The lowest BCUT2D eigenvalue weighted by atomic mass is 10.0. The first kappa shape index (κ1) is 24.4. The van der Waals surface area contributed by atoms with E-state index in [0.717, 1.165) is 11.4 Å². The van der Waals surface area contributed by atoms with Crippen LogP contribution in [0, 0.1) is 0 Å². The van der Waals surface area contributed by atoms with Gasteiger partial charge in [-0.25, -0.2) is 0 Å². The molecule has 3 heteroatoms. The number of benzene rings is 7. The molecule has 3 heterocycles. The van der Waals surface area contributed by atoms with E-state index in [1.165, 1.54) is 71.0 Å². The highest BCUT2D eigenvalue weighted by Gasteiger charge is 2.17. The number of nitrogens with zero attached hydrogens (tertiary/aromatic N) is 3. The van der Waals surface area contributed by atoms with Crippen molar-refractivity contribution in [2.75, 3.05) is 0 Å². The van der Waals surface area contributed by atoms with Crippen LogP contribution in [-0.4, -0.2) is 13.7 Å². The Labute approximate surface area is 259 Å². The minimum absolute atomic E-state index is 1.14. The van der Waals surface area contributed by atoms with Gasteiger partial charge in [0.25, 0.3) is 0 Å². The van der Waals surface area contributed by atoms with Crippen molar-refractivity contribution >= 4 is 65.3 Å². The zero-order valence-electron chi connectivity index (χ0n) is 24.4. The van der Waals surface area contributed by atoms with Crippen LogP contribution in [0.4, 0.5) is 0 Å². The van der Waals surface area contributed by atoms with Gasteiger partial charge in [0.05, 0.1) is 27.6 Å². The van der Waals surface area contributed by atoms with E-state index in [2.05, 4.69) is 178 Å². The second-order valence-corrected chi connectivity index (χ2v) is 11.9. The molecule has 210 valence electrons. The summed E-state index contributed by atoms with van der Waals surface area (Å²) in [6.07, 6.45) is 2.20. The number of fused-ring (bicyclic) bond motifs is 9. The van der Waals surface area contributed by atoms with Crippen molar-refractivity contribution in [2.45, 2.75) is 0 Å². The summed E-state index contributed by atoms with van der Waals surface area (Å²) in [6, 6.07) is 57.3. The molecule has 0 atom stereocenters. The highest BCUT2D eigenvalue weighted by atomic mass is 15.0. The lowest BCUT2D eigenvalue weighted by molar-refractivity contribution is 1.11. The summed E-state index contributed by atoms with van der Waals surface area (Å²) < 4.78 is 7.11. The van der Waals surface area contributed by atoms with E-state index in [1.807, 2.05) is 0 Å². The number of para-hydroxylation sites is 4. The van der Waals surface area contributed by atoms with E-state index in [-0.39, 0.29) is 0 Å². The Balaban J connectivity index is 1.18. The smallest absolute Gasteiger partial charge is 0.0620 e. The Morgan fingerprint density at radius 2 is 0.867 bits per heavy atom. The van der Waals surface area contributed by atoms with Gasteiger partial charge in [0.15, 0.2) is 0 Å². The molecule has 0 aliphatic heterocycles. The average Bonchev–Trinajstić information content (AvgIpc) is 3.78. The third-order valence-electron chi connectivity index (χ3n) is 9.44. The Hall–Kier alpha value is -6.06. The second-order valence-electron chi connectivity index (χ2n) is 11.9. The average molecular weight is 574 g/mol. The molecule has 10 rings (SSSR count). The molecule has 0 saturated carbocycles. The molecule has 10 aromatic rings. The monoisotopic (exact) mass is 573 g/mol. The van der Waals surface area contributed by atoms with Crippen LogP contribution in [0.5, 0.6) is 0 Å². The van der Waals surface area contributed by atoms with Crippen molar-refractivity contribution in [2.24, 2.45) is 0 Å². The normalized spacial score (nSPS) is 12.0. The summed E-state index contributed by atoms with van der Waals surface area (Å²) in [6.45, 7) is 0. The van der Waals surface area contributed by atoms with E-state index in [4.69, 9.17) is 0 Å². The minimum Gasteiger partial charge on any atom is -0.317 e. The van der Waals surface area contributed by atoms with Gasteiger partial charge in [0.1, 0.15) is 0 Å². The van der Waals surface area contributed by atoms with Gasteiger partial charge in [-0.05, 0) is 78.2 Å². The quantitative estimate of drug-likeness (QED) is 0.200. The summed E-state index contributed by atoms with van der Waals surface area (Å²) in [5, 5.41) is 8.83. The fourth-order valence-corrected chi connectivity index (χ4v) is 7.45. The van der Waals surface area contributed by atoms with Gasteiger partial charge < -0.3 is 13.7 Å². The van der Waals surface area contributed by atoms with Crippen LogP contribution in [0.25, 0.3) is 82.3 Å². The zero-order valence-corrected chi connectivity index (χ0v) is 24.4. The van der Waals surface area contributed by atoms with Gasteiger partial charge in [-0.1, -0.05) is 84.9 Å². The molecule has 0 aliphatic carbocycles. The first-order chi connectivity index (χ1) is 22.3. The van der Waals surface area contributed by atoms with Crippen molar-refractivity contribution in [3.05, 3.63) is 164 Å². The van der Waals surface area contributed by atoms with Gasteiger partial charge in [-0.15, -0.1) is 0 Å². The van der Waals surface area contributed by atoms with E-state index in [9.17, 15) is 0 Å². The zero-order chi connectivity index (χ0) is 29.5. The van der Waals surface area contributed by atoms with E-state index >= 15 is 0 Å². The Morgan fingerprint density at radius 3 is 1.56 bits per heavy atom. The van der Waals surface area contributed by atoms with Crippen LogP contribution in [-0.2, 0) is 0 Å². The van der Waals surface area contributed by atoms with Crippen molar-refractivity contribution in [1.82, 2.24) is 13.7 Å². The number of rotatable bonds is 3. The molecule has 3 aromatic heterocycles. The fraction of sp³-hybridized carbons (Fsp3) is 0. The summed E-state index contributed by atoms with van der Waals surface area (Å²) in [7, 11) is 0. The molecule has 0 N–H and O–H groups in total. The van der Waals surface area contributed by atoms with Crippen molar-refractivity contribution < 1.29 is 0 Å². The van der Waals surface area contributed by atoms with E-state index in [1.54, 1.807) is 0 Å². The Kier molecular flexibility index (Phi) is 5.00. The van der Waals surface area contributed by atoms with Crippen LogP contribution in [0.15, 0.2) is 164 Å². The summed E-state index contributed by atoms with van der Waals surface area (Å²) in [5.41, 5.74) is 9.59. The van der Waals surface area contributed by atoms with Gasteiger partial charge in [-0.3, -0.25) is 0 Å². The maximum Gasteiger partial charge on any atom is 0.0620 e. The molecule has 0 amide bonds. The van der Waals surface area contributed by atoms with Gasteiger partial charge in [0.2, 0.25) is 0 Å². The topological polar surface area (TPSA) is 14.8 Å². The van der Waals surface area contributed by atoms with Crippen LogP contribution in [0.3, 0.4) is 0 Å². The molecular weight excluding hydrogens is 546 g/mol. The highest BCUT2D eigenvalue weighted by molar-refractivity contribution is 6.20. The fourth-order valence-electron chi connectivity index (χ4n) is 7.45. The molecule has 45 heavy (non-hydrogen) atoms. The number of hydrogen-bond donors (Lipinski definition) is 0. The Morgan fingerprint density at radius 1 is 0.311 bits per heavy atom. The predicted molar refractivity (Wildman–Crippen MR) is 189 cm³/mol. The minimum atomic E-state index is 1.14. The van der Waals surface area contributed by atoms with Gasteiger partial charge >= 0.3 is 0 Å². The van der Waals surface area contributed by atoms with Gasteiger partial charge in [0, 0.05) is 55.6 Å². The lowest BCUT2D eigenvalue weighted by Gasteiger charge is -2.12. The summed E-state index contributed by atoms with van der Waals surface area (Å²) in [4.78, 5) is 0. The molecule has 0 bridgehead atoms. The second kappa shape index (κ2) is 9.22. The highest BCUT2D eigenvalue weighted by Crippen LogP contribution is 2.39. The first-order valence-electron chi connectivity index (χ1n) is 15.4. The van der Waals surface area contributed by atoms with Crippen LogP contribution >= 0.6 is 0 Å². The largest absolute Gasteiger partial charge is 0.317 e. The van der Waals surface area contributed by atoms with Crippen molar-refractivity contribution in [3.8, 4) is 17.1 Å². The summed E-state index contributed by atoms with van der Waals surface area (Å²) in [5.74, 6) is 0. The molecule has 0 aliphatic rings. The molecule has 0 radical (unpaired) electrons. The number of hydrogen-bond acceptors (Lipinski definition) is 0. The summed E-state index contributed by atoms with van der Waals surface area (Å²) >= 11 is 0. The first-order valence-corrected chi connectivity index (χ1v) is 15.4. The third kappa shape index (κ3) is 3.46. The molecule has 0 fully saturated rings. The maximum atomic E-state index is 2.42. The third-order valence-corrected chi connectivity index (χ3v) is 9.44. The lowest BCUT2D eigenvalue weighted by Crippen LogP contribution is -1.97. The van der Waals surface area contributed by atoms with Crippen LogP contribution in [0.1, 0.15) is 0 Å². The van der Waals surface area contributed by atoms with E-state index in [0.29, 0.717) is 0 Å². The van der Waals surface area contributed by atoms with Crippen molar-refractivity contribution in [1.29, 1.82) is 0 Å². The maximum absolute atomic E-state index is 2.42. The molecule has 0 spiro atoms. The van der Waals surface area contributed by atoms with Crippen LogP contribution in [0.2, 0.25) is 0 Å². The SMILES string of the molecule is c1ccc(-n2c3ccccc3c3ccc4cc5ccn(-c6ccc(-n7c8ccccc8c8ccccc87)cc6)c5cc4c32)cc1. The predicted octanol–water partition coefficient (Wildman–Crippen LogP) is 11.0. The molecule has 7 aromatic carbocycles. The van der Waals surface area contributed by atoms with E-state index < -0.39 is 0 Å². The van der Waals surface area contributed by atoms with Crippen molar-refractivity contribution in [3.63, 3.8) is 0 Å². The molecular formula is C42H27N3. The molecule has 0 unspecified atom stereocenters. The van der Waals surface area contributed by atoms with Gasteiger partial charge in [-0.2, -0.15) is 0 Å². The number of aromatic nitrogens is 3. The molecule has 0 saturated heterocycles. The standard InChI is InChI=1S/C42H27N3/c1-2-10-31(11-3-1)45-40-17-9-6-14-35(40)36-23-18-28-26-29-24-25-43(41(29)27-37(28)42(36)45)30-19-21-32(22-20-30)44-38-15-7-4-12-33(38)34-13-5-8-16-39(34)44/h1-27H.